The van der Waals surface area contributed by atoms with Crippen molar-refractivity contribution in [1.82, 2.24) is 19.9 Å². The summed E-state index contributed by atoms with van der Waals surface area (Å²) in [5.74, 6) is 3.51. The summed E-state index contributed by atoms with van der Waals surface area (Å²) in [4.78, 5) is 22.4. The lowest BCUT2D eigenvalue weighted by Crippen LogP contribution is -2.47. The first kappa shape index (κ1) is 19.9. The van der Waals surface area contributed by atoms with Crippen molar-refractivity contribution in [3.63, 3.8) is 0 Å². The van der Waals surface area contributed by atoms with E-state index >= 15 is 0 Å². The Labute approximate surface area is 175 Å². The predicted molar refractivity (Wildman–Crippen MR) is 115 cm³/mol. The number of fused-ring (bicyclic) bond motifs is 1. The fraction of sp³-hybridized carbons (Fsp3) is 0.429. The van der Waals surface area contributed by atoms with Gasteiger partial charge in [-0.2, -0.15) is 0 Å². The number of piperazine rings is 1. The fourth-order valence-electron chi connectivity index (χ4n) is 3.88. The number of aryl methyl sites for hydroxylation is 1. The largest absolute Gasteiger partial charge is 0.493 e. The molecule has 0 bridgehead atoms. The molecule has 0 amide bonds. The Bertz CT molecular complexity index is 1070. The van der Waals surface area contributed by atoms with Gasteiger partial charge >= 0.3 is 0 Å². The molecule has 1 aliphatic rings. The zero-order valence-corrected chi connectivity index (χ0v) is 18.0. The Kier molecular flexibility index (Phi) is 5.43. The summed E-state index contributed by atoms with van der Waals surface area (Å²) in [6.07, 6.45) is 3.20. The minimum Gasteiger partial charge on any atom is -0.493 e. The summed E-state index contributed by atoms with van der Waals surface area (Å²) in [5, 5.41) is 0.870. The number of hydrogen-bond acceptors (Lipinski definition) is 9. The van der Waals surface area contributed by atoms with E-state index in [1.165, 1.54) is 0 Å². The molecule has 2 aromatic heterocycles. The van der Waals surface area contributed by atoms with Gasteiger partial charge in [-0.05, 0) is 19.9 Å². The van der Waals surface area contributed by atoms with Crippen molar-refractivity contribution < 1.29 is 14.2 Å². The molecule has 0 atom stereocenters. The van der Waals surface area contributed by atoms with E-state index in [9.17, 15) is 0 Å². The van der Waals surface area contributed by atoms with Crippen LogP contribution in [0.2, 0.25) is 0 Å². The van der Waals surface area contributed by atoms with Gasteiger partial charge in [-0.15, -0.1) is 0 Å². The van der Waals surface area contributed by atoms with E-state index in [4.69, 9.17) is 14.2 Å². The summed E-state index contributed by atoms with van der Waals surface area (Å²) in [5.41, 5.74) is 2.84. The van der Waals surface area contributed by atoms with Gasteiger partial charge in [0, 0.05) is 37.4 Å². The van der Waals surface area contributed by atoms with Gasteiger partial charge in [0.15, 0.2) is 11.5 Å². The average molecular weight is 410 g/mol. The van der Waals surface area contributed by atoms with E-state index in [0.29, 0.717) is 22.8 Å². The number of rotatable bonds is 5. The minimum absolute atomic E-state index is 0.525. The normalized spacial score (nSPS) is 14.2. The van der Waals surface area contributed by atoms with Crippen molar-refractivity contribution in [1.29, 1.82) is 0 Å². The second-order valence-electron chi connectivity index (χ2n) is 7.12. The molecule has 0 aliphatic carbocycles. The molecule has 4 rings (SSSR count). The third kappa shape index (κ3) is 3.30. The third-order valence-corrected chi connectivity index (χ3v) is 5.60. The standard InChI is InChI=1S/C21H26N6O3/c1-13-14(2)22-11-24-20(13)26-6-8-27(9-7-26)21-15-10-16(28-3)18(29-4)19(30-5)17(15)23-12-25-21/h10-12H,6-9H2,1-5H3. The molecule has 1 fully saturated rings. The van der Waals surface area contributed by atoms with Crippen LogP contribution in [0.3, 0.4) is 0 Å². The molecule has 158 valence electrons. The molecule has 3 aromatic rings. The zero-order valence-electron chi connectivity index (χ0n) is 18.0. The molecule has 1 saturated heterocycles. The number of benzene rings is 1. The lowest BCUT2D eigenvalue weighted by Gasteiger charge is -2.37. The first-order valence-corrected chi connectivity index (χ1v) is 9.80. The molecule has 0 saturated carbocycles. The molecular weight excluding hydrogens is 384 g/mol. The van der Waals surface area contributed by atoms with Crippen LogP contribution in [-0.2, 0) is 0 Å². The quantitative estimate of drug-likeness (QED) is 0.629. The molecule has 1 aromatic carbocycles. The monoisotopic (exact) mass is 410 g/mol. The first-order valence-electron chi connectivity index (χ1n) is 9.80. The Morgan fingerprint density at radius 2 is 1.33 bits per heavy atom. The Morgan fingerprint density at radius 1 is 0.733 bits per heavy atom. The maximum absolute atomic E-state index is 5.60. The Hall–Kier alpha value is -3.36. The predicted octanol–water partition coefficient (Wildman–Crippen LogP) is 2.39. The fourth-order valence-corrected chi connectivity index (χ4v) is 3.88. The van der Waals surface area contributed by atoms with E-state index < -0.39 is 0 Å². The van der Waals surface area contributed by atoms with E-state index in [1.807, 2.05) is 13.0 Å². The highest BCUT2D eigenvalue weighted by Gasteiger charge is 2.25. The van der Waals surface area contributed by atoms with Crippen LogP contribution in [0.5, 0.6) is 17.2 Å². The lowest BCUT2D eigenvalue weighted by atomic mass is 10.1. The molecule has 3 heterocycles. The number of anilines is 2. The SMILES string of the molecule is COc1cc2c(N3CCN(c4ncnc(C)c4C)CC3)ncnc2c(OC)c1OC. The second-order valence-corrected chi connectivity index (χ2v) is 7.12. The number of methoxy groups -OCH3 is 3. The van der Waals surface area contributed by atoms with Crippen LogP contribution < -0.4 is 24.0 Å². The molecule has 9 nitrogen and oxygen atoms in total. The van der Waals surface area contributed by atoms with Crippen molar-refractivity contribution in [3.05, 3.63) is 30.0 Å². The van der Waals surface area contributed by atoms with Crippen LogP contribution >= 0.6 is 0 Å². The van der Waals surface area contributed by atoms with E-state index in [0.717, 1.165) is 54.5 Å². The smallest absolute Gasteiger partial charge is 0.205 e. The van der Waals surface area contributed by atoms with Gasteiger partial charge in [0.1, 0.15) is 29.8 Å². The lowest BCUT2D eigenvalue weighted by molar-refractivity contribution is 0.327. The molecule has 0 N–H and O–H groups in total. The van der Waals surface area contributed by atoms with Crippen molar-refractivity contribution >= 4 is 22.5 Å². The summed E-state index contributed by atoms with van der Waals surface area (Å²) in [6, 6.07) is 1.91. The molecule has 1 aliphatic heterocycles. The first-order chi connectivity index (χ1) is 14.6. The highest BCUT2D eigenvalue weighted by molar-refractivity contribution is 5.97. The molecule has 30 heavy (non-hydrogen) atoms. The number of ether oxygens (including phenoxy) is 3. The number of hydrogen-bond donors (Lipinski definition) is 0. The van der Waals surface area contributed by atoms with Crippen LogP contribution in [0.1, 0.15) is 11.3 Å². The van der Waals surface area contributed by atoms with E-state index in [-0.39, 0.29) is 0 Å². The van der Waals surface area contributed by atoms with Crippen molar-refractivity contribution in [2.45, 2.75) is 13.8 Å². The summed E-state index contributed by atoms with van der Waals surface area (Å²) >= 11 is 0. The van der Waals surface area contributed by atoms with E-state index in [1.54, 1.807) is 34.0 Å². The van der Waals surface area contributed by atoms with Gasteiger partial charge in [-0.1, -0.05) is 0 Å². The summed E-state index contributed by atoms with van der Waals surface area (Å²) < 4.78 is 16.6. The average Bonchev–Trinajstić information content (AvgIpc) is 2.79. The maximum Gasteiger partial charge on any atom is 0.205 e. The van der Waals surface area contributed by atoms with Gasteiger partial charge in [-0.3, -0.25) is 0 Å². The van der Waals surface area contributed by atoms with Gasteiger partial charge in [0.25, 0.3) is 0 Å². The number of nitrogens with zero attached hydrogens (tertiary/aromatic N) is 6. The Balaban J connectivity index is 1.67. The van der Waals surface area contributed by atoms with Crippen molar-refractivity contribution in [3.8, 4) is 17.2 Å². The van der Waals surface area contributed by atoms with Gasteiger partial charge in [0.05, 0.1) is 26.7 Å². The highest BCUT2D eigenvalue weighted by atomic mass is 16.5. The van der Waals surface area contributed by atoms with E-state index in [2.05, 4.69) is 36.7 Å². The number of aromatic nitrogens is 4. The van der Waals surface area contributed by atoms with Crippen LogP contribution in [-0.4, -0.2) is 67.4 Å². The third-order valence-electron chi connectivity index (χ3n) is 5.60. The zero-order chi connectivity index (χ0) is 21.3. The van der Waals surface area contributed by atoms with Crippen LogP contribution in [0.4, 0.5) is 11.6 Å². The summed E-state index contributed by atoms with van der Waals surface area (Å²) in [6.45, 7) is 7.39. The molecule has 0 spiro atoms. The summed E-state index contributed by atoms with van der Waals surface area (Å²) in [7, 11) is 4.80. The molecule has 9 heteroatoms. The Morgan fingerprint density at radius 3 is 1.97 bits per heavy atom. The van der Waals surface area contributed by atoms with Gasteiger partial charge < -0.3 is 24.0 Å². The van der Waals surface area contributed by atoms with Gasteiger partial charge in [0.2, 0.25) is 5.75 Å². The van der Waals surface area contributed by atoms with Crippen molar-refractivity contribution in [2.75, 3.05) is 57.3 Å². The van der Waals surface area contributed by atoms with Crippen LogP contribution in [0.25, 0.3) is 10.9 Å². The molecule has 0 unspecified atom stereocenters. The van der Waals surface area contributed by atoms with Crippen LogP contribution in [0, 0.1) is 13.8 Å². The van der Waals surface area contributed by atoms with Crippen LogP contribution in [0.15, 0.2) is 18.7 Å². The molecular formula is C21H26N6O3. The highest BCUT2D eigenvalue weighted by Crippen LogP contribution is 2.44. The topological polar surface area (TPSA) is 85.7 Å². The maximum atomic E-state index is 5.60. The van der Waals surface area contributed by atoms with Gasteiger partial charge in [-0.25, -0.2) is 19.9 Å². The van der Waals surface area contributed by atoms with Crippen molar-refractivity contribution in [2.24, 2.45) is 0 Å². The molecule has 0 radical (unpaired) electrons. The minimum atomic E-state index is 0.525. The second kappa shape index (κ2) is 8.17.